The Balaban J connectivity index is 1.47. The van der Waals surface area contributed by atoms with Crippen LogP contribution in [0.2, 0.25) is 0 Å². The molecule has 0 radical (unpaired) electrons. The van der Waals surface area contributed by atoms with Gasteiger partial charge in [-0.1, -0.05) is 17.3 Å². The molecule has 1 aliphatic carbocycles. The highest BCUT2D eigenvalue weighted by Gasteiger charge is 2.33. The molecule has 160 valence electrons. The van der Waals surface area contributed by atoms with Crippen molar-refractivity contribution in [1.82, 2.24) is 20.0 Å². The summed E-state index contributed by atoms with van der Waals surface area (Å²) in [5.74, 6) is 2.76. The van der Waals surface area contributed by atoms with E-state index < -0.39 is 0 Å². The van der Waals surface area contributed by atoms with Crippen molar-refractivity contribution in [3.05, 3.63) is 59.3 Å². The van der Waals surface area contributed by atoms with Gasteiger partial charge in [-0.3, -0.25) is 4.79 Å². The molecule has 1 aliphatic heterocycles. The molecule has 0 N–H and O–H groups in total. The second-order valence-electron chi connectivity index (χ2n) is 8.42. The molecule has 3 aromatic rings. The molecule has 7 heteroatoms. The maximum absolute atomic E-state index is 13.3. The lowest BCUT2D eigenvalue weighted by Gasteiger charge is -2.33. The summed E-state index contributed by atoms with van der Waals surface area (Å²) in [4.78, 5) is 24.8. The SMILES string of the molecule is COc1ccccc1C(=O)N1CCCC(c2nc(C3CC3)ncc2-c2cc(C)no2)C1. The van der Waals surface area contributed by atoms with Crippen molar-refractivity contribution in [2.75, 3.05) is 20.2 Å². The van der Waals surface area contributed by atoms with Crippen LogP contribution in [0, 0.1) is 6.92 Å². The zero-order valence-electron chi connectivity index (χ0n) is 17.9. The van der Waals surface area contributed by atoms with Gasteiger partial charge < -0.3 is 14.2 Å². The Hall–Kier alpha value is -3.22. The molecule has 5 rings (SSSR count). The maximum Gasteiger partial charge on any atom is 0.257 e. The first kappa shape index (κ1) is 19.7. The maximum atomic E-state index is 13.3. The number of carbonyl (C=O) groups excluding carboxylic acids is 1. The van der Waals surface area contributed by atoms with Crippen molar-refractivity contribution in [3.8, 4) is 17.1 Å². The average Bonchev–Trinajstić information content (AvgIpc) is 3.58. The van der Waals surface area contributed by atoms with Crippen LogP contribution in [0.5, 0.6) is 5.75 Å². The normalized spacial score (nSPS) is 18.8. The number of methoxy groups -OCH3 is 1. The van der Waals surface area contributed by atoms with Gasteiger partial charge >= 0.3 is 0 Å². The first-order chi connectivity index (χ1) is 15.1. The molecule has 7 nitrogen and oxygen atoms in total. The highest BCUT2D eigenvalue weighted by Crippen LogP contribution is 2.40. The third-order valence-electron chi connectivity index (χ3n) is 6.11. The molecule has 1 unspecified atom stereocenters. The van der Waals surface area contributed by atoms with Crippen LogP contribution in [0.3, 0.4) is 0 Å². The van der Waals surface area contributed by atoms with E-state index >= 15 is 0 Å². The minimum atomic E-state index is -0.00400. The molecular formula is C24H26N4O3. The number of hydrogen-bond donors (Lipinski definition) is 0. The van der Waals surface area contributed by atoms with Crippen molar-refractivity contribution in [2.24, 2.45) is 0 Å². The van der Waals surface area contributed by atoms with Crippen LogP contribution in [-0.2, 0) is 0 Å². The van der Waals surface area contributed by atoms with E-state index in [-0.39, 0.29) is 11.8 Å². The summed E-state index contributed by atoms with van der Waals surface area (Å²) in [5, 5.41) is 4.04. The zero-order valence-corrected chi connectivity index (χ0v) is 17.9. The lowest BCUT2D eigenvalue weighted by molar-refractivity contribution is 0.0702. The zero-order chi connectivity index (χ0) is 21.4. The number of aromatic nitrogens is 3. The number of aryl methyl sites for hydroxylation is 1. The molecule has 2 aromatic heterocycles. The highest BCUT2D eigenvalue weighted by atomic mass is 16.5. The monoisotopic (exact) mass is 418 g/mol. The Morgan fingerprint density at radius 3 is 2.77 bits per heavy atom. The number of hydrogen-bond acceptors (Lipinski definition) is 6. The summed E-state index contributed by atoms with van der Waals surface area (Å²) in [5.41, 5.74) is 3.26. The van der Waals surface area contributed by atoms with Crippen LogP contribution < -0.4 is 4.74 Å². The number of amides is 1. The fourth-order valence-electron chi connectivity index (χ4n) is 4.32. The first-order valence-corrected chi connectivity index (χ1v) is 10.9. The third-order valence-corrected chi connectivity index (χ3v) is 6.11. The van der Waals surface area contributed by atoms with Gasteiger partial charge in [-0.25, -0.2) is 9.97 Å². The second kappa shape index (κ2) is 8.13. The Morgan fingerprint density at radius 2 is 2.03 bits per heavy atom. The van der Waals surface area contributed by atoms with Crippen LogP contribution >= 0.6 is 0 Å². The molecule has 2 aliphatic rings. The topological polar surface area (TPSA) is 81.4 Å². The Morgan fingerprint density at radius 1 is 1.19 bits per heavy atom. The Kier molecular flexibility index (Phi) is 5.18. The summed E-state index contributed by atoms with van der Waals surface area (Å²) >= 11 is 0. The Labute approximate surface area is 181 Å². The minimum Gasteiger partial charge on any atom is -0.496 e. The number of piperidine rings is 1. The van der Waals surface area contributed by atoms with Gasteiger partial charge in [0.05, 0.1) is 29.6 Å². The molecule has 1 amide bonds. The van der Waals surface area contributed by atoms with Gasteiger partial charge in [0.1, 0.15) is 11.6 Å². The fraction of sp³-hybridized carbons (Fsp3) is 0.417. The Bertz CT molecular complexity index is 1110. The third kappa shape index (κ3) is 3.92. The standard InChI is InChI=1S/C24H26N4O3/c1-15-12-21(31-27-15)19-13-25-23(16-9-10-16)26-22(19)17-6-5-11-28(14-17)24(29)18-7-3-4-8-20(18)30-2/h3-4,7-8,12-13,16-17H,5-6,9-11,14H2,1-2H3. The smallest absolute Gasteiger partial charge is 0.257 e. The molecule has 3 heterocycles. The van der Waals surface area contributed by atoms with Gasteiger partial charge in [0, 0.05) is 37.2 Å². The largest absolute Gasteiger partial charge is 0.496 e. The van der Waals surface area contributed by atoms with Crippen LogP contribution in [0.15, 0.2) is 41.1 Å². The van der Waals surface area contributed by atoms with Gasteiger partial charge in [0.15, 0.2) is 5.76 Å². The van der Waals surface area contributed by atoms with Crippen LogP contribution in [-0.4, -0.2) is 46.1 Å². The summed E-state index contributed by atoms with van der Waals surface area (Å²) in [6, 6.07) is 9.31. The van der Waals surface area contributed by atoms with Crippen molar-refractivity contribution in [1.29, 1.82) is 0 Å². The number of likely N-dealkylation sites (tertiary alicyclic amines) is 1. The minimum absolute atomic E-state index is 0.00400. The van der Waals surface area contributed by atoms with Gasteiger partial charge in [-0.2, -0.15) is 0 Å². The number of benzene rings is 1. The van der Waals surface area contributed by atoms with Crippen LogP contribution in [0.25, 0.3) is 11.3 Å². The second-order valence-corrected chi connectivity index (χ2v) is 8.42. The van der Waals surface area contributed by atoms with Gasteiger partial charge in [0.2, 0.25) is 0 Å². The van der Waals surface area contributed by atoms with E-state index in [2.05, 4.69) is 10.1 Å². The van der Waals surface area contributed by atoms with E-state index in [1.165, 1.54) is 0 Å². The van der Waals surface area contributed by atoms with Gasteiger partial charge in [0.25, 0.3) is 5.91 Å². The van der Waals surface area contributed by atoms with E-state index in [1.807, 2.05) is 48.4 Å². The first-order valence-electron chi connectivity index (χ1n) is 10.9. The van der Waals surface area contributed by atoms with Gasteiger partial charge in [-0.15, -0.1) is 0 Å². The molecule has 1 saturated heterocycles. The summed E-state index contributed by atoms with van der Waals surface area (Å²) in [6.07, 6.45) is 6.05. The van der Waals surface area contributed by atoms with Crippen LogP contribution in [0.1, 0.15) is 65.1 Å². The summed E-state index contributed by atoms with van der Waals surface area (Å²) in [6.45, 7) is 3.24. The predicted octanol–water partition coefficient (Wildman–Crippen LogP) is 4.35. The van der Waals surface area contributed by atoms with Crippen molar-refractivity contribution >= 4 is 5.91 Å². The number of rotatable bonds is 5. The highest BCUT2D eigenvalue weighted by molar-refractivity contribution is 5.97. The molecule has 1 aromatic carbocycles. The predicted molar refractivity (Wildman–Crippen MR) is 115 cm³/mol. The fourth-order valence-corrected chi connectivity index (χ4v) is 4.32. The van der Waals surface area contributed by atoms with E-state index in [4.69, 9.17) is 14.2 Å². The lowest BCUT2D eigenvalue weighted by Crippen LogP contribution is -2.39. The molecular weight excluding hydrogens is 392 g/mol. The number of para-hydroxylation sites is 1. The molecule has 2 fully saturated rings. The van der Waals surface area contributed by atoms with Crippen molar-refractivity contribution in [3.63, 3.8) is 0 Å². The molecule has 0 bridgehead atoms. The molecule has 1 saturated carbocycles. The molecule has 1 atom stereocenters. The van der Waals surface area contributed by atoms with E-state index in [1.54, 1.807) is 7.11 Å². The van der Waals surface area contributed by atoms with E-state index in [0.29, 0.717) is 29.5 Å². The quantitative estimate of drug-likeness (QED) is 0.613. The molecule has 31 heavy (non-hydrogen) atoms. The van der Waals surface area contributed by atoms with E-state index in [0.717, 1.165) is 55.0 Å². The van der Waals surface area contributed by atoms with Crippen LogP contribution in [0.4, 0.5) is 0 Å². The van der Waals surface area contributed by atoms with E-state index in [9.17, 15) is 4.79 Å². The average molecular weight is 418 g/mol. The van der Waals surface area contributed by atoms with Crippen molar-refractivity contribution < 1.29 is 14.1 Å². The lowest BCUT2D eigenvalue weighted by atomic mass is 9.90. The molecule has 0 spiro atoms. The number of nitrogens with zero attached hydrogens (tertiary/aromatic N) is 4. The number of ether oxygens (including phenoxy) is 1. The summed E-state index contributed by atoms with van der Waals surface area (Å²) in [7, 11) is 1.59. The van der Waals surface area contributed by atoms with Gasteiger partial charge in [-0.05, 0) is 44.7 Å². The van der Waals surface area contributed by atoms with Crippen molar-refractivity contribution in [2.45, 2.75) is 44.4 Å². The summed E-state index contributed by atoms with van der Waals surface area (Å²) < 4.78 is 11.0. The number of carbonyl (C=O) groups is 1.